The number of carbonyl (C=O) groups is 2. The Morgan fingerprint density at radius 1 is 1.06 bits per heavy atom. The molecule has 36 heavy (non-hydrogen) atoms. The Hall–Kier alpha value is -4.34. The smallest absolute Gasteiger partial charge is 0.387 e. The third-order valence-electron chi connectivity index (χ3n) is 6.03. The predicted molar refractivity (Wildman–Crippen MR) is 127 cm³/mol. The Morgan fingerprint density at radius 3 is 2.58 bits per heavy atom. The molecule has 1 fully saturated rings. The van der Waals surface area contributed by atoms with Crippen LogP contribution in [0.1, 0.15) is 6.42 Å². The molecule has 2 aliphatic heterocycles. The number of alkyl halides is 2. The first-order valence-corrected chi connectivity index (χ1v) is 11.2. The second-order valence-corrected chi connectivity index (χ2v) is 8.25. The van der Waals surface area contributed by atoms with E-state index in [2.05, 4.69) is 10.1 Å². The molecule has 8 nitrogen and oxygen atoms in total. The number of anilines is 2. The van der Waals surface area contributed by atoms with E-state index in [9.17, 15) is 18.4 Å². The third kappa shape index (κ3) is 4.74. The summed E-state index contributed by atoms with van der Waals surface area (Å²) < 4.78 is 46.5. The summed E-state index contributed by atoms with van der Waals surface area (Å²) in [7, 11) is 1.53. The second kappa shape index (κ2) is 9.73. The number of halogens is 2. The lowest BCUT2D eigenvalue weighted by molar-refractivity contribution is -0.122. The van der Waals surface area contributed by atoms with Crippen LogP contribution in [-0.2, 0) is 9.59 Å². The number of rotatable bonds is 7. The van der Waals surface area contributed by atoms with Gasteiger partial charge in [-0.1, -0.05) is 12.1 Å². The summed E-state index contributed by atoms with van der Waals surface area (Å²) in [5.74, 6) is 0.598. The Morgan fingerprint density at radius 2 is 1.83 bits per heavy atom. The molecule has 1 unspecified atom stereocenters. The molecule has 5 rings (SSSR count). The van der Waals surface area contributed by atoms with Gasteiger partial charge in [0.15, 0.2) is 11.5 Å². The van der Waals surface area contributed by atoms with Gasteiger partial charge in [-0.3, -0.25) is 9.59 Å². The molecular weight excluding hydrogens is 474 g/mol. The summed E-state index contributed by atoms with van der Waals surface area (Å²) in [6.45, 7) is -2.69. The third-order valence-corrected chi connectivity index (χ3v) is 6.03. The van der Waals surface area contributed by atoms with Gasteiger partial charge in [-0.15, -0.1) is 0 Å². The van der Waals surface area contributed by atoms with E-state index in [1.54, 1.807) is 48.5 Å². The predicted octanol–water partition coefficient (Wildman–Crippen LogP) is 4.68. The van der Waals surface area contributed by atoms with Gasteiger partial charge in [-0.05, 0) is 48.0 Å². The van der Waals surface area contributed by atoms with Crippen molar-refractivity contribution >= 4 is 23.2 Å². The number of carbonyl (C=O) groups excluding carboxylic acids is 2. The first-order valence-electron chi connectivity index (χ1n) is 11.2. The minimum Gasteiger partial charge on any atom is -0.497 e. The standard InChI is InChI=1S/C26H22F2N2O6/c1-33-19-6-2-15(3-7-19)20-11-17(4-8-21(20)36-26(27)28)29-25(32)16-10-24(31)30(13-16)18-5-9-22-23(12-18)35-14-34-22/h2-9,11-12,16,26H,10,13-14H2,1H3,(H,29,32). The summed E-state index contributed by atoms with van der Waals surface area (Å²) in [5.41, 5.74) is 1.99. The van der Waals surface area contributed by atoms with Crippen LogP contribution in [-0.4, -0.2) is 38.9 Å². The summed E-state index contributed by atoms with van der Waals surface area (Å²) >= 11 is 0. The Labute approximate surface area is 205 Å². The SMILES string of the molecule is COc1ccc(-c2cc(NC(=O)C3CC(=O)N(c4ccc5c(c4)OCO5)C3)ccc2OC(F)F)cc1. The Balaban J connectivity index is 1.33. The van der Waals surface area contributed by atoms with E-state index in [-0.39, 0.29) is 37.3 Å². The monoisotopic (exact) mass is 496 g/mol. The van der Waals surface area contributed by atoms with Crippen molar-refractivity contribution in [2.45, 2.75) is 13.0 Å². The molecule has 10 heteroatoms. The fraction of sp³-hybridized carbons (Fsp3) is 0.231. The Bertz CT molecular complexity index is 1300. The van der Waals surface area contributed by atoms with Gasteiger partial charge in [0.25, 0.3) is 0 Å². The zero-order valence-electron chi connectivity index (χ0n) is 19.2. The van der Waals surface area contributed by atoms with E-state index in [1.165, 1.54) is 24.1 Å². The lowest BCUT2D eigenvalue weighted by Crippen LogP contribution is -2.28. The quantitative estimate of drug-likeness (QED) is 0.511. The van der Waals surface area contributed by atoms with E-state index in [1.807, 2.05) is 0 Å². The van der Waals surface area contributed by atoms with E-state index >= 15 is 0 Å². The van der Waals surface area contributed by atoms with Crippen LogP contribution in [0.3, 0.4) is 0 Å². The number of ether oxygens (including phenoxy) is 4. The number of nitrogens with one attached hydrogen (secondary N) is 1. The van der Waals surface area contributed by atoms with Gasteiger partial charge in [-0.2, -0.15) is 8.78 Å². The molecule has 3 aromatic rings. The molecular formula is C26H22F2N2O6. The molecule has 0 aliphatic carbocycles. The highest BCUT2D eigenvalue weighted by Gasteiger charge is 2.36. The summed E-state index contributed by atoms with van der Waals surface area (Å²) in [4.78, 5) is 27.2. The van der Waals surface area contributed by atoms with Gasteiger partial charge in [0.1, 0.15) is 11.5 Å². The first-order chi connectivity index (χ1) is 17.4. The van der Waals surface area contributed by atoms with Crippen molar-refractivity contribution in [2.24, 2.45) is 5.92 Å². The highest BCUT2D eigenvalue weighted by atomic mass is 19.3. The van der Waals surface area contributed by atoms with Crippen LogP contribution < -0.4 is 29.2 Å². The number of hydrogen-bond acceptors (Lipinski definition) is 6. The van der Waals surface area contributed by atoms with Crippen molar-refractivity contribution in [1.82, 2.24) is 0 Å². The van der Waals surface area contributed by atoms with Crippen LogP contribution in [0.15, 0.2) is 60.7 Å². The highest BCUT2D eigenvalue weighted by Crippen LogP contribution is 2.38. The average Bonchev–Trinajstić information content (AvgIpc) is 3.50. The molecule has 0 saturated carbocycles. The van der Waals surface area contributed by atoms with Crippen LogP contribution in [0.5, 0.6) is 23.0 Å². The van der Waals surface area contributed by atoms with Crippen molar-refractivity contribution in [3.05, 3.63) is 60.7 Å². The van der Waals surface area contributed by atoms with Crippen molar-refractivity contribution in [1.29, 1.82) is 0 Å². The number of amides is 2. The Kier molecular flexibility index (Phi) is 6.32. The second-order valence-electron chi connectivity index (χ2n) is 8.25. The van der Waals surface area contributed by atoms with Gasteiger partial charge in [0.05, 0.1) is 13.0 Å². The maximum atomic E-state index is 13.0. The van der Waals surface area contributed by atoms with Gasteiger partial charge in [-0.25, -0.2) is 0 Å². The van der Waals surface area contributed by atoms with E-state index in [4.69, 9.17) is 14.2 Å². The fourth-order valence-corrected chi connectivity index (χ4v) is 4.23. The van der Waals surface area contributed by atoms with Gasteiger partial charge >= 0.3 is 6.61 Å². The fourth-order valence-electron chi connectivity index (χ4n) is 4.23. The van der Waals surface area contributed by atoms with E-state index in [0.717, 1.165) is 0 Å². The first kappa shape index (κ1) is 23.4. The minimum absolute atomic E-state index is 0.0295. The van der Waals surface area contributed by atoms with Crippen LogP contribution in [0.25, 0.3) is 11.1 Å². The van der Waals surface area contributed by atoms with Crippen molar-refractivity contribution < 1.29 is 37.3 Å². The number of nitrogens with zero attached hydrogens (tertiary/aromatic N) is 1. The van der Waals surface area contributed by atoms with Crippen molar-refractivity contribution in [2.75, 3.05) is 30.7 Å². The van der Waals surface area contributed by atoms with Crippen LogP contribution in [0.4, 0.5) is 20.2 Å². The molecule has 186 valence electrons. The number of hydrogen-bond donors (Lipinski definition) is 1. The molecule has 0 spiro atoms. The maximum Gasteiger partial charge on any atom is 0.387 e. The average molecular weight is 496 g/mol. The maximum absolute atomic E-state index is 13.0. The summed E-state index contributed by atoms with van der Waals surface area (Å²) in [6.07, 6.45) is 0.0399. The molecule has 0 aromatic heterocycles. The number of fused-ring (bicyclic) bond motifs is 1. The molecule has 0 radical (unpaired) electrons. The molecule has 3 aromatic carbocycles. The van der Waals surface area contributed by atoms with Gasteiger partial charge in [0.2, 0.25) is 18.6 Å². The van der Waals surface area contributed by atoms with Crippen LogP contribution >= 0.6 is 0 Å². The van der Waals surface area contributed by atoms with Crippen molar-refractivity contribution in [3.63, 3.8) is 0 Å². The minimum atomic E-state index is -3.01. The van der Waals surface area contributed by atoms with Gasteiger partial charge < -0.3 is 29.2 Å². The molecule has 2 aliphatic rings. The molecule has 2 amide bonds. The van der Waals surface area contributed by atoms with Gasteiger partial charge in [0, 0.05) is 36.0 Å². The molecule has 2 heterocycles. The lowest BCUT2D eigenvalue weighted by Gasteiger charge is -2.17. The lowest BCUT2D eigenvalue weighted by atomic mass is 10.0. The van der Waals surface area contributed by atoms with Crippen molar-refractivity contribution in [3.8, 4) is 34.1 Å². The number of methoxy groups -OCH3 is 1. The molecule has 1 N–H and O–H groups in total. The highest BCUT2D eigenvalue weighted by molar-refractivity contribution is 6.04. The van der Waals surface area contributed by atoms with Crippen LogP contribution in [0, 0.1) is 5.92 Å². The van der Waals surface area contributed by atoms with E-state index < -0.39 is 12.5 Å². The zero-order chi connectivity index (χ0) is 25.2. The largest absolute Gasteiger partial charge is 0.497 e. The normalized spacial score (nSPS) is 16.4. The molecule has 1 saturated heterocycles. The van der Waals surface area contributed by atoms with E-state index in [0.29, 0.717) is 39.8 Å². The number of benzene rings is 3. The summed E-state index contributed by atoms with van der Waals surface area (Å²) in [6, 6.07) is 16.4. The molecule has 0 bridgehead atoms. The molecule has 1 atom stereocenters. The zero-order valence-corrected chi connectivity index (χ0v) is 19.2. The summed E-state index contributed by atoms with van der Waals surface area (Å²) in [5, 5.41) is 2.80. The van der Waals surface area contributed by atoms with Crippen LogP contribution in [0.2, 0.25) is 0 Å². The topological polar surface area (TPSA) is 86.3 Å².